The van der Waals surface area contributed by atoms with Crippen LogP contribution in [0.3, 0.4) is 0 Å². The second kappa shape index (κ2) is 9.91. The average Bonchev–Trinajstić information content (AvgIpc) is 3.05. The number of hydrogen-bond donors (Lipinski definition) is 2. The van der Waals surface area contributed by atoms with Gasteiger partial charge in [-0.3, -0.25) is 29.8 Å². The van der Waals surface area contributed by atoms with E-state index >= 15 is 0 Å². The van der Waals surface area contributed by atoms with Crippen LogP contribution >= 0.6 is 0 Å². The summed E-state index contributed by atoms with van der Waals surface area (Å²) >= 11 is 0. The number of unbranched alkanes of at least 4 members (excludes halogenated alkanes) is 8. The Morgan fingerprint density at radius 3 is 1.12 bits per heavy atom. The third kappa shape index (κ3) is 6.64. The lowest BCUT2D eigenvalue weighted by Gasteiger charge is -2.03. The van der Waals surface area contributed by atoms with E-state index in [-0.39, 0.29) is 23.6 Å². The highest BCUT2D eigenvalue weighted by molar-refractivity contribution is 6.16. The number of amides is 4. The van der Waals surface area contributed by atoms with Gasteiger partial charge in [-0.05, 0) is 25.7 Å². The van der Waals surface area contributed by atoms with E-state index in [0.717, 1.165) is 38.5 Å². The molecule has 2 heterocycles. The van der Waals surface area contributed by atoms with Gasteiger partial charge in [-0.15, -0.1) is 0 Å². The zero-order valence-electron chi connectivity index (χ0n) is 14.6. The van der Waals surface area contributed by atoms with Crippen LogP contribution in [0.1, 0.15) is 70.6 Å². The average molecular weight is 346 g/mol. The fraction of sp³-hybridized carbons (Fsp3) is 0.579. The van der Waals surface area contributed by atoms with Gasteiger partial charge in [0.15, 0.2) is 0 Å². The highest BCUT2D eigenvalue weighted by Gasteiger charge is 2.20. The number of nitrogens with one attached hydrogen (secondary N) is 2. The molecule has 2 aliphatic rings. The molecule has 0 radical (unpaired) electrons. The molecule has 0 atom stereocenters. The Balaban J connectivity index is 1.38. The topological polar surface area (TPSA) is 92.3 Å². The van der Waals surface area contributed by atoms with E-state index in [9.17, 15) is 19.2 Å². The maximum Gasteiger partial charge on any atom is 0.254 e. The summed E-state index contributed by atoms with van der Waals surface area (Å²) in [6, 6.07) is 0. The summed E-state index contributed by atoms with van der Waals surface area (Å²) < 4.78 is 0. The largest absolute Gasteiger partial charge is 0.289 e. The Hall–Kier alpha value is -2.24. The second-order valence-corrected chi connectivity index (χ2v) is 6.66. The van der Waals surface area contributed by atoms with Crippen molar-refractivity contribution in [1.82, 2.24) is 10.6 Å². The number of carbonyl (C=O) groups excluding carboxylic acids is 4. The molecule has 0 spiro atoms. The second-order valence-electron chi connectivity index (χ2n) is 6.66. The molecule has 0 saturated heterocycles. The Labute approximate surface area is 148 Å². The number of rotatable bonds is 12. The highest BCUT2D eigenvalue weighted by Crippen LogP contribution is 2.17. The molecule has 6 heteroatoms. The van der Waals surface area contributed by atoms with Crippen molar-refractivity contribution < 1.29 is 19.2 Å². The minimum Gasteiger partial charge on any atom is -0.289 e. The summed E-state index contributed by atoms with van der Waals surface area (Å²) in [6.07, 6.45) is 14.1. The van der Waals surface area contributed by atoms with E-state index in [0.29, 0.717) is 24.0 Å². The Morgan fingerprint density at radius 2 is 0.840 bits per heavy atom. The molecule has 0 aromatic heterocycles. The van der Waals surface area contributed by atoms with Gasteiger partial charge in [-0.25, -0.2) is 0 Å². The molecule has 25 heavy (non-hydrogen) atoms. The van der Waals surface area contributed by atoms with Crippen LogP contribution in [-0.2, 0) is 19.2 Å². The molecule has 0 unspecified atom stereocenters. The van der Waals surface area contributed by atoms with Crippen LogP contribution in [0.4, 0.5) is 0 Å². The summed E-state index contributed by atoms with van der Waals surface area (Å²) in [5, 5.41) is 4.52. The van der Waals surface area contributed by atoms with Crippen LogP contribution in [0, 0.1) is 0 Å². The summed E-state index contributed by atoms with van der Waals surface area (Å²) in [5.74, 6) is -1.06. The number of hydrogen-bond acceptors (Lipinski definition) is 4. The van der Waals surface area contributed by atoms with Crippen molar-refractivity contribution in [3.63, 3.8) is 0 Å². The third-order valence-corrected chi connectivity index (χ3v) is 4.56. The summed E-state index contributed by atoms with van der Waals surface area (Å²) in [4.78, 5) is 44.7. The van der Waals surface area contributed by atoms with E-state index in [1.165, 1.54) is 31.4 Å². The molecule has 2 N–H and O–H groups in total. The van der Waals surface area contributed by atoms with Crippen LogP contribution in [0.2, 0.25) is 0 Å². The summed E-state index contributed by atoms with van der Waals surface area (Å²) in [5.41, 5.74) is 1.22. The monoisotopic (exact) mass is 346 g/mol. The van der Waals surface area contributed by atoms with E-state index in [2.05, 4.69) is 10.6 Å². The Bertz CT molecular complexity index is 553. The van der Waals surface area contributed by atoms with Crippen LogP contribution in [0.5, 0.6) is 0 Å². The molecule has 0 aliphatic carbocycles. The van der Waals surface area contributed by atoms with Gasteiger partial charge in [-0.2, -0.15) is 0 Å². The molecule has 0 fully saturated rings. The third-order valence-electron chi connectivity index (χ3n) is 4.56. The zero-order chi connectivity index (χ0) is 18.1. The van der Waals surface area contributed by atoms with Crippen LogP contribution < -0.4 is 10.6 Å². The minimum absolute atomic E-state index is 0.236. The van der Waals surface area contributed by atoms with Crippen molar-refractivity contribution in [3.05, 3.63) is 23.3 Å². The number of imide groups is 2. The molecule has 2 rings (SSSR count). The zero-order valence-corrected chi connectivity index (χ0v) is 14.6. The quantitative estimate of drug-likeness (QED) is 0.419. The van der Waals surface area contributed by atoms with Gasteiger partial charge in [0, 0.05) is 23.3 Å². The van der Waals surface area contributed by atoms with Gasteiger partial charge in [0.2, 0.25) is 0 Å². The molecule has 0 bridgehead atoms. The van der Waals surface area contributed by atoms with E-state index < -0.39 is 0 Å². The molecular formula is C19H26N2O4. The minimum atomic E-state index is -0.295. The standard InChI is InChI=1S/C19H26N2O4/c22-16-12-14(18(24)20-16)10-8-6-4-2-1-3-5-7-9-11-15-13-17(23)21-19(15)25/h12-13H,1-11H2,(H,20,22,24)(H,21,23,25). The predicted molar refractivity (Wildman–Crippen MR) is 93.3 cm³/mol. The predicted octanol–water partition coefficient (Wildman–Crippen LogP) is 2.44. The van der Waals surface area contributed by atoms with Crippen molar-refractivity contribution in [3.8, 4) is 0 Å². The molecule has 6 nitrogen and oxygen atoms in total. The van der Waals surface area contributed by atoms with Crippen LogP contribution in [0.15, 0.2) is 23.3 Å². The maximum atomic E-state index is 11.4. The van der Waals surface area contributed by atoms with E-state index in [4.69, 9.17) is 0 Å². The summed E-state index contributed by atoms with van der Waals surface area (Å²) in [6.45, 7) is 0. The molecule has 4 amide bonds. The van der Waals surface area contributed by atoms with Gasteiger partial charge in [0.1, 0.15) is 0 Å². The number of carbonyl (C=O) groups is 4. The van der Waals surface area contributed by atoms with Gasteiger partial charge in [0.25, 0.3) is 23.6 Å². The van der Waals surface area contributed by atoms with Crippen molar-refractivity contribution in [2.24, 2.45) is 0 Å². The van der Waals surface area contributed by atoms with Crippen molar-refractivity contribution in [2.75, 3.05) is 0 Å². The van der Waals surface area contributed by atoms with Gasteiger partial charge < -0.3 is 0 Å². The van der Waals surface area contributed by atoms with Crippen molar-refractivity contribution >= 4 is 23.6 Å². The Kier molecular flexibility index (Phi) is 7.57. The lowest BCUT2D eigenvalue weighted by molar-refractivity contribution is -0.125. The molecular weight excluding hydrogens is 320 g/mol. The Morgan fingerprint density at radius 1 is 0.520 bits per heavy atom. The summed E-state index contributed by atoms with van der Waals surface area (Å²) in [7, 11) is 0. The first kappa shape index (κ1) is 19.1. The smallest absolute Gasteiger partial charge is 0.254 e. The lowest BCUT2D eigenvalue weighted by Crippen LogP contribution is -2.22. The normalized spacial score (nSPS) is 16.8. The van der Waals surface area contributed by atoms with Crippen LogP contribution in [0.25, 0.3) is 0 Å². The lowest BCUT2D eigenvalue weighted by atomic mass is 10.0. The first-order valence-electron chi connectivity index (χ1n) is 9.18. The molecule has 136 valence electrons. The fourth-order valence-corrected chi connectivity index (χ4v) is 3.14. The molecule has 0 saturated carbocycles. The van der Waals surface area contributed by atoms with Crippen molar-refractivity contribution in [2.45, 2.75) is 70.6 Å². The van der Waals surface area contributed by atoms with E-state index in [1.54, 1.807) is 0 Å². The van der Waals surface area contributed by atoms with Gasteiger partial charge in [-0.1, -0.05) is 44.9 Å². The van der Waals surface area contributed by atoms with E-state index in [1.807, 2.05) is 0 Å². The first-order chi connectivity index (χ1) is 12.1. The van der Waals surface area contributed by atoms with Crippen LogP contribution in [-0.4, -0.2) is 23.6 Å². The van der Waals surface area contributed by atoms with Gasteiger partial charge >= 0.3 is 0 Å². The molecule has 0 aromatic rings. The fourth-order valence-electron chi connectivity index (χ4n) is 3.14. The first-order valence-corrected chi connectivity index (χ1v) is 9.18. The maximum absolute atomic E-state index is 11.4. The highest BCUT2D eigenvalue weighted by atomic mass is 16.2. The van der Waals surface area contributed by atoms with Gasteiger partial charge in [0.05, 0.1) is 0 Å². The molecule has 0 aromatic carbocycles. The molecule has 2 aliphatic heterocycles. The SMILES string of the molecule is O=C1C=C(CCCCCCCCCCCC2=CC(=O)NC2=O)C(=O)N1. The van der Waals surface area contributed by atoms with Crippen molar-refractivity contribution in [1.29, 1.82) is 0 Å².